The first-order valence-corrected chi connectivity index (χ1v) is 8.71. The van der Waals surface area contributed by atoms with Crippen LogP contribution in [0.15, 0.2) is 18.2 Å². The minimum atomic E-state index is -4.40. The van der Waals surface area contributed by atoms with E-state index in [0.717, 1.165) is 5.56 Å². The molecule has 1 fully saturated rings. The fourth-order valence-electron chi connectivity index (χ4n) is 2.35. The van der Waals surface area contributed by atoms with Crippen molar-refractivity contribution in [3.8, 4) is 5.75 Å². The van der Waals surface area contributed by atoms with Gasteiger partial charge in [0.05, 0.1) is 17.2 Å². The Morgan fingerprint density at radius 3 is 2.68 bits per heavy atom. The Labute approximate surface area is 127 Å². The first-order chi connectivity index (χ1) is 10.1. The van der Waals surface area contributed by atoms with Crippen molar-refractivity contribution in [2.75, 3.05) is 30.0 Å². The van der Waals surface area contributed by atoms with Crippen LogP contribution in [0, 0.1) is 12.8 Å². The summed E-state index contributed by atoms with van der Waals surface area (Å²) in [6, 6.07) is 4.83. The second-order valence-corrected chi connectivity index (χ2v) is 7.78. The third kappa shape index (κ3) is 5.08. The highest BCUT2D eigenvalue weighted by Gasteiger charge is 2.29. The number of sulfone groups is 1. The van der Waals surface area contributed by atoms with Gasteiger partial charge in [0.25, 0.3) is 0 Å². The van der Waals surface area contributed by atoms with E-state index >= 15 is 0 Å². The minimum absolute atomic E-state index is 0.0269. The van der Waals surface area contributed by atoms with Crippen LogP contribution in [-0.4, -0.2) is 39.3 Å². The number of ether oxygens (including phenoxy) is 1. The van der Waals surface area contributed by atoms with Crippen LogP contribution in [0.1, 0.15) is 12.0 Å². The predicted octanol–water partition coefficient (Wildman–Crippen LogP) is 2.78. The maximum atomic E-state index is 12.3. The van der Waals surface area contributed by atoms with E-state index in [1.807, 2.05) is 6.92 Å². The molecule has 1 N–H and O–H groups in total. The van der Waals surface area contributed by atoms with Crippen molar-refractivity contribution >= 4 is 15.5 Å². The van der Waals surface area contributed by atoms with E-state index in [-0.39, 0.29) is 23.2 Å². The highest BCUT2D eigenvalue weighted by Crippen LogP contribution is 2.29. The minimum Gasteiger partial charge on any atom is -0.482 e. The van der Waals surface area contributed by atoms with Gasteiger partial charge in [0.2, 0.25) is 0 Å². The molecule has 2 rings (SSSR count). The van der Waals surface area contributed by atoms with Gasteiger partial charge < -0.3 is 10.1 Å². The molecule has 8 heteroatoms. The number of hydrogen-bond acceptors (Lipinski definition) is 4. The van der Waals surface area contributed by atoms with Gasteiger partial charge in [0.1, 0.15) is 5.75 Å². The third-order valence-corrected chi connectivity index (χ3v) is 5.27. The van der Waals surface area contributed by atoms with Gasteiger partial charge in [-0.2, -0.15) is 13.2 Å². The molecule has 124 valence electrons. The molecule has 0 aliphatic carbocycles. The van der Waals surface area contributed by atoms with Gasteiger partial charge in [-0.25, -0.2) is 8.42 Å². The van der Waals surface area contributed by atoms with Crippen LogP contribution in [0.2, 0.25) is 0 Å². The molecule has 1 aliphatic rings. The maximum Gasteiger partial charge on any atom is 0.422 e. The molecule has 1 unspecified atom stereocenters. The molecule has 0 aromatic heterocycles. The summed E-state index contributed by atoms with van der Waals surface area (Å²) in [6.07, 6.45) is -3.83. The Kier molecular flexibility index (Phi) is 4.89. The summed E-state index contributed by atoms with van der Waals surface area (Å²) >= 11 is 0. The Morgan fingerprint density at radius 2 is 2.09 bits per heavy atom. The highest BCUT2D eigenvalue weighted by molar-refractivity contribution is 7.91. The number of benzene rings is 1. The average Bonchev–Trinajstić information content (AvgIpc) is 2.74. The number of anilines is 1. The van der Waals surface area contributed by atoms with Crippen molar-refractivity contribution in [2.24, 2.45) is 5.92 Å². The van der Waals surface area contributed by atoms with Crippen molar-refractivity contribution < 1.29 is 26.3 Å². The molecule has 1 aromatic rings. The van der Waals surface area contributed by atoms with E-state index in [1.54, 1.807) is 12.1 Å². The van der Waals surface area contributed by atoms with Crippen LogP contribution in [0.25, 0.3) is 0 Å². The summed E-state index contributed by atoms with van der Waals surface area (Å²) in [7, 11) is -2.97. The summed E-state index contributed by atoms with van der Waals surface area (Å²) in [5, 5.41) is 3.01. The number of hydrogen-bond donors (Lipinski definition) is 1. The van der Waals surface area contributed by atoms with E-state index in [2.05, 4.69) is 5.32 Å². The van der Waals surface area contributed by atoms with Gasteiger partial charge >= 0.3 is 6.18 Å². The van der Waals surface area contributed by atoms with E-state index in [1.165, 1.54) is 6.07 Å². The zero-order valence-corrected chi connectivity index (χ0v) is 12.9. The van der Waals surface area contributed by atoms with Crippen molar-refractivity contribution in [3.63, 3.8) is 0 Å². The van der Waals surface area contributed by atoms with Gasteiger partial charge in [-0.3, -0.25) is 0 Å². The van der Waals surface area contributed by atoms with Crippen LogP contribution in [-0.2, 0) is 9.84 Å². The topological polar surface area (TPSA) is 55.4 Å². The first-order valence-electron chi connectivity index (χ1n) is 6.89. The van der Waals surface area contributed by atoms with Crippen LogP contribution in [0.5, 0.6) is 5.75 Å². The fourth-order valence-corrected chi connectivity index (χ4v) is 4.22. The number of rotatable bonds is 5. The largest absolute Gasteiger partial charge is 0.482 e. The lowest BCUT2D eigenvalue weighted by molar-refractivity contribution is -0.153. The normalized spacial score (nSPS) is 20.8. The summed E-state index contributed by atoms with van der Waals surface area (Å²) in [4.78, 5) is 0. The lowest BCUT2D eigenvalue weighted by atomic mass is 10.1. The van der Waals surface area contributed by atoms with Gasteiger partial charge in [-0.15, -0.1) is 0 Å². The first kappa shape index (κ1) is 16.9. The summed E-state index contributed by atoms with van der Waals surface area (Å²) in [6.45, 7) is 0.854. The molecular formula is C14H18F3NO3S. The lowest BCUT2D eigenvalue weighted by Gasteiger charge is -2.17. The zero-order valence-electron chi connectivity index (χ0n) is 12.1. The SMILES string of the molecule is Cc1ccc(OCC(F)(F)F)c(NCC2CCS(=O)(=O)C2)c1. The molecule has 1 saturated heterocycles. The summed E-state index contributed by atoms with van der Waals surface area (Å²) < 4.78 is 64.4. The highest BCUT2D eigenvalue weighted by atomic mass is 32.2. The second kappa shape index (κ2) is 6.36. The predicted molar refractivity (Wildman–Crippen MR) is 78.0 cm³/mol. The molecular weight excluding hydrogens is 319 g/mol. The van der Waals surface area contributed by atoms with E-state index in [4.69, 9.17) is 4.74 Å². The standard InChI is InChI=1S/C14H18F3NO3S/c1-10-2-3-13(21-9-14(15,16)17)12(6-10)18-7-11-4-5-22(19,20)8-11/h2-3,6,11,18H,4-5,7-9H2,1H3. The van der Waals surface area contributed by atoms with Gasteiger partial charge in [0.15, 0.2) is 16.4 Å². The molecule has 1 heterocycles. The molecule has 0 bridgehead atoms. The monoisotopic (exact) mass is 337 g/mol. The van der Waals surface area contributed by atoms with Crippen LogP contribution >= 0.6 is 0 Å². The van der Waals surface area contributed by atoms with Gasteiger partial charge in [-0.05, 0) is 37.0 Å². The second-order valence-electron chi connectivity index (χ2n) is 5.55. The lowest BCUT2D eigenvalue weighted by Crippen LogP contribution is -2.20. The molecule has 0 radical (unpaired) electrons. The van der Waals surface area contributed by atoms with Gasteiger partial charge in [-0.1, -0.05) is 6.07 Å². The van der Waals surface area contributed by atoms with Crippen molar-refractivity contribution in [1.82, 2.24) is 0 Å². The molecule has 0 saturated carbocycles. The maximum absolute atomic E-state index is 12.3. The van der Waals surface area contributed by atoms with E-state index in [0.29, 0.717) is 18.7 Å². The average molecular weight is 337 g/mol. The van der Waals surface area contributed by atoms with Crippen LogP contribution < -0.4 is 10.1 Å². The molecule has 0 amide bonds. The Balaban J connectivity index is 2.01. The summed E-state index contributed by atoms with van der Waals surface area (Å²) in [5.41, 5.74) is 1.33. The number of halogens is 3. The van der Waals surface area contributed by atoms with Crippen LogP contribution in [0.3, 0.4) is 0 Å². The molecule has 0 spiro atoms. The van der Waals surface area contributed by atoms with E-state index in [9.17, 15) is 21.6 Å². The number of nitrogens with one attached hydrogen (secondary N) is 1. The van der Waals surface area contributed by atoms with Crippen molar-refractivity contribution in [3.05, 3.63) is 23.8 Å². The number of alkyl halides is 3. The zero-order chi connectivity index (χ0) is 16.4. The molecule has 1 aromatic carbocycles. The molecule has 1 atom stereocenters. The van der Waals surface area contributed by atoms with Crippen molar-refractivity contribution in [2.45, 2.75) is 19.5 Å². The van der Waals surface area contributed by atoms with Gasteiger partial charge in [0, 0.05) is 6.54 Å². The fraction of sp³-hybridized carbons (Fsp3) is 0.571. The van der Waals surface area contributed by atoms with E-state index < -0.39 is 22.6 Å². The molecule has 1 aliphatic heterocycles. The van der Waals surface area contributed by atoms with Crippen LogP contribution in [0.4, 0.5) is 18.9 Å². The Hall–Kier alpha value is -1.44. The van der Waals surface area contributed by atoms with Crippen molar-refractivity contribution in [1.29, 1.82) is 0 Å². The Morgan fingerprint density at radius 1 is 1.36 bits per heavy atom. The third-order valence-electron chi connectivity index (χ3n) is 3.43. The molecule has 22 heavy (non-hydrogen) atoms. The smallest absolute Gasteiger partial charge is 0.422 e. The molecule has 4 nitrogen and oxygen atoms in total. The number of aryl methyl sites for hydroxylation is 1. The Bertz CT molecular complexity index is 629. The summed E-state index contributed by atoms with van der Waals surface area (Å²) in [5.74, 6) is 0.375. The quantitative estimate of drug-likeness (QED) is 0.898.